The first-order chi connectivity index (χ1) is 16.9. The molecule has 0 saturated carbocycles. The lowest BCUT2D eigenvalue weighted by Gasteiger charge is -2.40. The van der Waals surface area contributed by atoms with E-state index in [1.54, 1.807) is 29.2 Å². The Balaban J connectivity index is 1.34. The van der Waals surface area contributed by atoms with Crippen LogP contribution in [0, 0.1) is 28.9 Å². The summed E-state index contributed by atoms with van der Waals surface area (Å²) >= 11 is 0. The van der Waals surface area contributed by atoms with Gasteiger partial charge in [-0.2, -0.15) is 5.26 Å². The van der Waals surface area contributed by atoms with Crippen LogP contribution in [-0.2, 0) is 9.59 Å². The second-order valence-electron chi connectivity index (χ2n) is 9.83. The zero-order chi connectivity index (χ0) is 24.7. The van der Waals surface area contributed by atoms with Crippen LogP contribution >= 0.6 is 0 Å². The van der Waals surface area contributed by atoms with Crippen molar-refractivity contribution < 1.29 is 18.4 Å². The second-order valence-corrected chi connectivity index (χ2v) is 9.83. The number of halogens is 2. The summed E-state index contributed by atoms with van der Waals surface area (Å²) in [5, 5.41) is 9.33. The van der Waals surface area contributed by atoms with Gasteiger partial charge < -0.3 is 9.80 Å². The number of benzene rings is 2. The molecule has 6 nitrogen and oxygen atoms in total. The van der Waals surface area contributed by atoms with E-state index in [0.717, 1.165) is 17.5 Å². The standard InChI is InChI=1S/C27H28F2N4O2/c1-17(26(34)32-12-2-3-22(32)14-30)15-31-16-23-13-24(31)27(35)33(23)25(18-4-8-20(28)9-5-18)19-6-10-21(29)11-7-19/h4-11,17,22-25H,2-3,12-13,15-16H2,1H3/t17-,22-,23+,24+/m0/s1. The van der Waals surface area contributed by atoms with Crippen molar-refractivity contribution in [2.45, 2.75) is 50.4 Å². The van der Waals surface area contributed by atoms with Crippen LogP contribution in [0.1, 0.15) is 43.4 Å². The van der Waals surface area contributed by atoms with E-state index >= 15 is 0 Å². The Morgan fingerprint density at radius 3 is 2.23 bits per heavy atom. The third-order valence-corrected chi connectivity index (χ3v) is 7.58. The molecule has 3 aliphatic rings. The lowest BCUT2D eigenvalue weighted by molar-refractivity contribution is -0.141. The van der Waals surface area contributed by atoms with Crippen molar-refractivity contribution in [3.63, 3.8) is 0 Å². The van der Waals surface area contributed by atoms with Crippen LogP contribution in [0.4, 0.5) is 8.78 Å². The highest BCUT2D eigenvalue weighted by Gasteiger charge is 2.52. The smallest absolute Gasteiger partial charge is 0.241 e. The Morgan fingerprint density at radius 2 is 1.69 bits per heavy atom. The summed E-state index contributed by atoms with van der Waals surface area (Å²) in [7, 11) is 0. The van der Waals surface area contributed by atoms with Gasteiger partial charge >= 0.3 is 0 Å². The van der Waals surface area contributed by atoms with Crippen LogP contribution in [0.5, 0.6) is 0 Å². The fourth-order valence-corrected chi connectivity index (χ4v) is 5.91. The fourth-order valence-electron chi connectivity index (χ4n) is 5.91. The number of nitriles is 1. The SMILES string of the molecule is C[C@@H](CN1C[C@H]2C[C@@H]1C(=O)N2C(c1ccc(F)cc1)c1ccc(F)cc1)C(=O)N1CCC[C@H]1C#N. The van der Waals surface area contributed by atoms with E-state index in [0.29, 0.717) is 32.5 Å². The maximum absolute atomic E-state index is 13.6. The molecule has 35 heavy (non-hydrogen) atoms. The number of carbonyl (C=O) groups is 2. The molecular formula is C27H28F2N4O2. The summed E-state index contributed by atoms with van der Waals surface area (Å²) in [6, 6.07) is 13.2. The van der Waals surface area contributed by atoms with Gasteiger partial charge in [-0.05, 0) is 54.7 Å². The highest BCUT2D eigenvalue weighted by Crippen LogP contribution is 2.41. The van der Waals surface area contributed by atoms with E-state index in [1.165, 1.54) is 24.3 Å². The number of hydrogen-bond acceptors (Lipinski definition) is 4. The number of piperazine rings is 1. The Hall–Kier alpha value is -3.31. The van der Waals surface area contributed by atoms with Crippen LogP contribution in [0.3, 0.4) is 0 Å². The third-order valence-electron chi connectivity index (χ3n) is 7.58. The Morgan fingerprint density at radius 1 is 1.09 bits per heavy atom. The van der Waals surface area contributed by atoms with Gasteiger partial charge in [-0.1, -0.05) is 31.2 Å². The van der Waals surface area contributed by atoms with Crippen LogP contribution in [0.2, 0.25) is 0 Å². The molecule has 4 atom stereocenters. The maximum atomic E-state index is 13.6. The predicted molar refractivity (Wildman–Crippen MR) is 125 cm³/mol. The molecule has 3 aliphatic heterocycles. The van der Waals surface area contributed by atoms with Crippen molar-refractivity contribution in [2.75, 3.05) is 19.6 Å². The summed E-state index contributed by atoms with van der Waals surface area (Å²) in [5.74, 6) is -1.09. The molecule has 0 radical (unpaired) electrons. The molecule has 0 aliphatic carbocycles. The van der Waals surface area contributed by atoms with Gasteiger partial charge in [0.1, 0.15) is 17.7 Å². The van der Waals surface area contributed by atoms with Crippen molar-refractivity contribution >= 4 is 11.8 Å². The lowest BCUT2D eigenvalue weighted by atomic mass is 9.95. The molecule has 0 N–H and O–H groups in total. The molecule has 3 fully saturated rings. The van der Waals surface area contributed by atoms with Gasteiger partial charge in [0.15, 0.2) is 0 Å². The van der Waals surface area contributed by atoms with Gasteiger partial charge in [0.25, 0.3) is 0 Å². The Labute approximate surface area is 203 Å². The number of amides is 2. The maximum Gasteiger partial charge on any atom is 0.241 e. The van der Waals surface area contributed by atoms with E-state index in [-0.39, 0.29) is 47.5 Å². The fraction of sp³-hybridized carbons (Fsp3) is 0.444. The number of hydrogen-bond donors (Lipinski definition) is 0. The molecule has 8 heteroatoms. The van der Waals surface area contributed by atoms with Crippen molar-refractivity contribution in [2.24, 2.45) is 5.92 Å². The first kappa shape index (κ1) is 23.4. The normalized spacial score (nSPS) is 24.9. The van der Waals surface area contributed by atoms with Crippen molar-refractivity contribution in [1.29, 1.82) is 5.26 Å². The molecule has 2 aromatic carbocycles. The molecule has 2 aromatic rings. The molecule has 0 unspecified atom stereocenters. The van der Waals surface area contributed by atoms with E-state index in [9.17, 15) is 23.6 Å². The minimum absolute atomic E-state index is 0.0309. The molecule has 0 spiro atoms. The monoisotopic (exact) mass is 478 g/mol. The summed E-state index contributed by atoms with van der Waals surface area (Å²) in [5.41, 5.74) is 1.54. The van der Waals surface area contributed by atoms with Crippen LogP contribution in [-0.4, -0.2) is 64.3 Å². The number of nitrogens with zero attached hydrogens (tertiary/aromatic N) is 4. The second kappa shape index (κ2) is 9.38. The highest BCUT2D eigenvalue weighted by atomic mass is 19.1. The molecule has 3 saturated heterocycles. The molecule has 182 valence electrons. The quantitative estimate of drug-likeness (QED) is 0.638. The zero-order valence-electron chi connectivity index (χ0n) is 19.6. The average Bonchev–Trinajstić information content (AvgIpc) is 3.57. The molecule has 2 amide bonds. The predicted octanol–water partition coefficient (Wildman–Crippen LogP) is 3.49. The van der Waals surface area contributed by atoms with E-state index in [2.05, 4.69) is 11.0 Å². The van der Waals surface area contributed by atoms with Crippen molar-refractivity contribution in [1.82, 2.24) is 14.7 Å². The first-order valence-corrected chi connectivity index (χ1v) is 12.1. The molecular weight excluding hydrogens is 450 g/mol. The summed E-state index contributed by atoms with van der Waals surface area (Å²) < 4.78 is 27.2. The van der Waals surface area contributed by atoms with Crippen LogP contribution < -0.4 is 0 Å². The minimum atomic E-state index is -0.444. The van der Waals surface area contributed by atoms with Crippen molar-refractivity contribution in [3.8, 4) is 6.07 Å². The Bertz CT molecular complexity index is 1100. The largest absolute Gasteiger partial charge is 0.326 e. The number of carbonyl (C=O) groups excluding carboxylic acids is 2. The topological polar surface area (TPSA) is 67.7 Å². The minimum Gasteiger partial charge on any atom is -0.326 e. The first-order valence-electron chi connectivity index (χ1n) is 12.1. The summed E-state index contributed by atoms with van der Waals surface area (Å²) in [4.78, 5) is 32.2. The number of rotatable bonds is 6. The summed E-state index contributed by atoms with van der Waals surface area (Å²) in [6.07, 6.45) is 2.21. The number of likely N-dealkylation sites (tertiary alicyclic amines) is 3. The van der Waals surface area contributed by atoms with E-state index in [1.807, 2.05) is 11.8 Å². The van der Waals surface area contributed by atoms with Gasteiger partial charge in [-0.25, -0.2) is 8.78 Å². The van der Waals surface area contributed by atoms with Gasteiger partial charge in [0.05, 0.1) is 18.2 Å². The summed E-state index contributed by atoms with van der Waals surface area (Å²) in [6.45, 7) is 3.57. The molecule has 5 rings (SSSR count). The molecule has 3 heterocycles. The molecule has 0 aromatic heterocycles. The van der Waals surface area contributed by atoms with Crippen LogP contribution in [0.25, 0.3) is 0 Å². The third kappa shape index (κ3) is 4.30. The van der Waals surface area contributed by atoms with E-state index in [4.69, 9.17) is 0 Å². The lowest BCUT2D eigenvalue weighted by Crippen LogP contribution is -2.53. The average molecular weight is 479 g/mol. The van der Waals surface area contributed by atoms with Gasteiger partial charge in [-0.15, -0.1) is 0 Å². The van der Waals surface area contributed by atoms with Crippen LogP contribution in [0.15, 0.2) is 48.5 Å². The molecule has 2 bridgehead atoms. The van der Waals surface area contributed by atoms with Gasteiger partial charge in [0.2, 0.25) is 11.8 Å². The Kier molecular flexibility index (Phi) is 6.28. The number of fused-ring (bicyclic) bond motifs is 2. The van der Waals surface area contributed by atoms with Gasteiger partial charge in [-0.3, -0.25) is 14.5 Å². The van der Waals surface area contributed by atoms with E-state index < -0.39 is 6.04 Å². The van der Waals surface area contributed by atoms with Gasteiger partial charge in [0, 0.05) is 31.6 Å². The highest BCUT2D eigenvalue weighted by molar-refractivity contribution is 5.87. The zero-order valence-corrected chi connectivity index (χ0v) is 19.6. The van der Waals surface area contributed by atoms with Crippen molar-refractivity contribution in [3.05, 3.63) is 71.3 Å².